The molecule has 2 N–H and O–H groups in total. The highest BCUT2D eigenvalue weighted by molar-refractivity contribution is 9.09. The van der Waals surface area contributed by atoms with Crippen LogP contribution >= 0.6 is 15.9 Å². The summed E-state index contributed by atoms with van der Waals surface area (Å²) in [6.07, 6.45) is 0.217. The molecule has 6 heteroatoms. The number of nitrogens with one attached hydrogen (secondary N) is 1. The van der Waals surface area contributed by atoms with E-state index < -0.39 is 10.6 Å². The van der Waals surface area contributed by atoms with Crippen LogP contribution in [0.2, 0.25) is 0 Å². The Bertz CT molecular complexity index is 585. The van der Waals surface area contributed by atoms with Crippen LogP contribution in [0.4, 0.5) is 0 Å². The van der Waals surface area contributed by atoms with Crippen LogP contribution in [0.1, 0.15) is 16.8 Å². The maximum Gasteiger partial charge on any atom is 0.341 e. The molecule has 0 saturated carbocycles. The molecule has 2 aromatic heterocycles. The zero-order valence-electron chi connectivity index (χ0n) is 8.87. The number of fused-ring (bicyclic) bond motifs is 1. The van der Waals surface area contributed by atoms with E-state index in [9.17, 15) is 9.90 Å². The van der Waals surface area contributed by atoms with E-state index >= 15 is 0 Å². The molecule has 0 aliphatic carbocycles. The number of halogens is 1. The van der Waals surface area contributed by atoms with Crippen molar-refractivity contribution in [3.8, 4) is 0 Å². The molecule has 2 rings (SSSR count). The molecule has 2 heterocycles. The van der Waals surface area contributed by atoms with Gasteiger partial charge in [-0.25, -0.2) is 9.89 Å². The summed E-state index contributed by atoms with van der Waals surface area (Å²) in [6, 6.07) is 0. The second kappa shape index (κ2) is 4.03. The highest BCUT2D eigenvalue weighted by atomic mass is 79.9. The van der Waals surface area contributed by atoms with E-state index in [-0.39, 0.29) is 6.42 Å². The number of nitrogens with zero attached hydrogens (tertiary/aromatic N) is 1. The second-order valence-electron chi connectivity index (χ2n) is 3.64. The zero-order valence-corrected chi connectivity index (χ0v) is 10.5. The van der Waals surface area contributed by atoms with E-state index in [0.717, 1.165) is 16.6 Å². The summed E-state index contributed by atoms with van der Waals surface area (Å²) in [5, 5.41) is 16.0. The Morgan fingerprint density at radius 3 is 2.88 bits per heavy atom. The maximum atomic E-state index is 11.7. The van der Waals surface area contributed by atoms with Gasteiger partial charge in [-0.3, -0.25) is 0 Å². The van der Waals surface area contributed by atoms with Gasteiger partial charge < -0.3 is 9.52 Å². The molecule has 16 heavy (non-hydrogen) atoms. The summed E-state index contributed by atoms with van der Waals surface area (Å²) in [6.45, 7) is 3.66. The summed E-state index contributed by atoms with van der Waals surface area (Å²) in [4.78, 5) is 11.7. The Labute approximate surface area is 99.6 Å². The first-order valence-corrected chi connectivity index (χ1v) is 5.71. The largest absolute Gasteiger partial charge is 0.404 e. The van der Waals surface area contributed by atoms with Crippen LogP contribution in [0.15, 0.2) is 9.21 Å². The zero-order chi connectivity index (χ0) is 11.9. The average Bonchev–Trinajstić information content (AvgIpc) is 2.54. The number of aryl methyl sites for hydroxylation is 2. The molecule has 86 valence electrons. The van der Waals surface area contributed by atoms with E-state index in [1.54, 1.807) is 0 Å². The van der Waals surface area contributed by atoms with Gasteiger partial charge in [0.1, 0.15) is 5.01 Å². The highest BCUT2D eigenvalue weighted by Crippen LogP contribution is 2.21. The fourth-order valence-electron chi connectivity index (χ4n) is 1.79. The first-order chi connectivity index (χ1) is 7.50. The summed E-state index contributed by atoms with van der Waals surface area (Å²) in [7, 11) is 0. The summed E-state index contributed by atoms with van der Waals surface area (Å²) >= 11 is 3.00. The van der Waals surface area contributed by atoms with E-state index in [1.807, 2.05) is 13.8 Å². The Hall–Kier alpha value is -1.14. The van der Waals surface area contributed by atoms with Crippen LogP contribution < -0.4 is 5.63 Å². The fraction of sp³-hybridized carbons (Fsp3) is 0.400. The number of aromatic nitrogens is 2. The third kappa shape index (κ3) is 1.78. The Balaban J connectivity index is 2.73. The number of hydrogen-bond acceptors (Lipinski definition) is 4. The molecule has 0 fully saturated rings. The van der Waals surface area contributed by atoms with Gasteiger partial charge in [-0.1, -0.05) is 15.9 Å². The molecule has 0 aliphatic rings. The van der Waals surface area contributed by atoms with Crippen molar-refractivity contribution in [2.75, 3.05) is 0 Å². The van der Waals surface area contributed by atoms with Crippen molar-refractivity contribution in [3.05, 3.63) is 27.2 Å². The lowest BCUT2D eigenvalue weighted by atomic mass is 10.1. The summed E-state index contributed by atoms with van der Waals surface area (Å²) < 4.78 is 5.09. The molecule has 0 radical (unpaired) electrons. The lowest BCUT2D eigenvalue weighted by Gasteiger charge is -2.06. The van der Waals surface area contributed by atoms with Crippen molar-refractivity contribution in [2.45, 2.75) is 25.3 Å². The molecular weight excluding hydrogens is 276 g/mol. The standard InChI is InChI=1S/C10H11BrN2O3/c1-4-6(3-7(11)14)10(15)16-9-8(4)5(2)12-13-9/h7,14H,3H2,1-2H3,(H,12,13). The van der Waals surface area contributed by atoms with Gasteiger partial charge in [-0.15, -0.1) is 0 Å². The first-order valence-electron chi connectivity index (χ1n) is 4.80. The molecule has 2 aromatic rings. The summed E-state index contributed by atoms with van der Waals surface area (Å²) in [5.74, 6) is 0. The quantitative estimate of drug-likeness (QED) is 0.818. The monoisotopic (exact) mass is 286 g/mol. The minimum atomic E-state index is -0.751. The van der Waals surface area contributed by atoms with Crippen LogP contribution in [0.3, 0.4) is 0 Å². The van der Waals surface area contributed by atoms with Gasteiger partial charge in [-0.05, 0) is 19.4 Å². The van der Waals surface area contributed by atoms with Crippen molar-refractivity contribution >= 4 is 27.0 Å². The third-order valence-electron chi connectivity index (χ3n) is 2.56. The number of hydrogen-bond donors (Lipinski definition) is 2. The van der Waals surface area contributed by atoms with Gasteiger partial charge in [0.05, 0.1) is 11.1 Å². The first kappa shape index (κ1) is 11.3. The topological polar surface area (TPSA) is 79.1 Å². The van der Waals surface area contributed by atoms with Crippen molar-refractivity contribution in [1.29, 1.82) is 0 Å². The second-order valence-corrected chi connectivity index (χ2v) is 4.70. The van der Waals surface area contributed by atoms with Gasteiger partial charge in [0, 0.05) is 12.0 Å². The lowest BCUT2D eigenvalue weighted by molar-refractivity contribution is 0.269. The Kier molecular flexibility index (Phi) is 2.86. The van der Waals surface area contributed by atoms with Crippen LogP contribution in [0, 0.1) is 13.8 Å². The van der Waals surface area contributed by atoms with Crippen LogP contribution in [-0.2, 0) is 6.42 Å². The van der Waals surface area contributed by atoms with Gasteiger partial charge >= 0.3 is 5.63 Å². The van der Waals surface area contributed by atoms with Crippen LogP contribution in [0.5, 0.6) is 0 Å². The predicted molar refractivity (Wildman–Crippen MR) is 62.7 cm³/mol. The molecule has 5 nitrogen and oxygen atoms in total. The Morgan fingerprint density at radius 2 is 2.25 bits per heavy atom. The minimum Gasteiger partial charge on any atom is -0.404 e. The molecule has 0 bridgehead atoms. The molecule has 0 aliphatic heterocycles. The molecule has 0 spiro atoms. The molecule has 1 atom stereocenters. The fourth-order valence-corrected chi connectivity index (χ4v) is 2.11. The van der Waals surface area contributed by atoms with Gasteiger partial charge in [0.2, 0.25) is 5.71 Å². The van der Waals surface area contributed by atoms with Crippen molar-refractivity contribution < 1.29 is 9.52 Å². The van der Waals surface area contributed by atoms with Crippen molar-refractivity contribution in [3.63, 3.8) is 0 Å². The lowest BCUT2D eigenvalue weighted by Crippen LogP contribution is -2.14. The van der Waals surface area contributed by atoms with Gasteiger partial charge in [0.15, 0.2) is 0 Å². The van der Waals surface area contributed by atoms with E-state index in [2.05, 4.69) is 26.1 Å². The highest BCUT2D eigenvalue weighted by Gasteiger charge is 2.16. The number of alkyl halides is 1. The van der Waals surface area contributed by atoms with Crippen LogP contribution in [-0.4, -0.2) is 20.3 Å². The number of aliphatic hydroxyl groups excluding tert-OH is 1. The van der Waals surface area contributed by atoms with Crippen molar-refractivity contribution in [1.82, 2.24) is 10.2 Å². The summed E-state index contributed by atoms with van der Waals surface area (Å²) in [5.41, 5.74) is 2.00. The molecule has 1 unspecified atom stereocenters. The van der Waals surface area contributed by atoms with Gasteiger partial charge in [-0.2, -0.15) is 5.10 Å². The third-order valence-corrected chi connectivity index (χ3v) is 2.88. The van der Waals surface area contributed by atoms with E-state index in [1.165, 1.54) is 0 Å². The smallest absolute Gasteiger partial charge is 0.341 e. The normalized spacial score (nSPS) is 13.2. The van der Waals surface area contributed by atoms with Crippen LogP contribution in [0.25, 0.3) is 11.1 Å². The maximum absolute atomic E-state index is 11.7. The van der Waals surface area contributed by atoms with Gasteiger partial charge in [0.25, 0.3) is 0 Å². The molecular formula is C10H11BrN2O3. The number of rotatable bonds is 2. The molecule has 0 saturated heterocycles. The predicted octanol–water partition coefficient (Wildman–Crippen LogP) is 1.39. The SMILES string of the molecule is Cc1n[nH]c2oc(=O)c(CC(O)Br)c(C)c12. The number of aliphatic hydroxyl groups is 1. The molecule has 0 amide bonds. The van der Waals surface area contributed by atoms with E-state index in [4.69, 9.17) is 4.42 Å². The molecule has 0 aromatic carbocycles. The number of H-pyrrole nitrogens is 1. The number of aromatic amines is 1. The van der Waals surface area contributed by atoms with Crippen molar-refractivity contribution in [2.24, 2.45) is 0 Å². The average molecular weight is 287 g/mol. The Morgan fingerprint density at radius 1 is 1.56 bits per heavy atom. The van der Waals surface area contributed by atoms with E-state index in [0.29, 0.717) is 11.3 Å². The minimum absolute atomic E-state index is 0.217.